The van der Waals surface area contributed by atoms with Gasteiger partial charge in [0.25, 0.3) is 0 Å². The predicted octanol–water partition coefficient (Wildman–Crippen LogP) is 2.14. The summed E-state index contributed by atoms with van der Waals surface area (Å²) in [6, 6.07) is 0. The number of ether oxygens (including phenoxy) is 1. The Hall–Kier alpha value is -0.610. The van der Waals surface area contributed by atoms with Crippen molar-refractivity contribution in [3.63, 3.8) is 0 Å². The Morgan fingerprint density at radius 3 is 2.45 bits per heavy atom. The number of hydrogen-bond acceptors (Lipinski definition) is 4. The fraction of sp³-hybridized carbons (Fsp3) is 0.938. The van der Waals surface area contributed by atoms with Gasteiger partial charge in [-0.25, -0.2) is 0 Å². The molecule has 2 fully saturated rings. The third kappa shape index (κ3) is 5.41. The Morgan fingerprint density at radius 2 is 1.75 bits per heavy atom. The van der Waals surface area contributed by atoms with Gasteiger partial charge < -0.3 is 14.5 Å². The van der Waals surface area contributed by atoms with E-state index in [1.165, 1.54) is 65.3 Å². The van der Waals surface area contributed by atoms with E-state index < -0.39 is 0 Å². The molecular weight excluding hydrogens is 252 g/mol. The largest absolute Gasteiger partial charge is 0.469 e. The smallest absolute Gasteiger partial charge is 0.306 e. The molecule has 2 aliphatic rings. The van der Waals surface area contributed by atoms with E-state index >= 15 is 0 Å². The van der Waals surface area contributed by atoms with Crippen LogP contribution in [-0.4, -0.2) is 62.1 Å². The Kier molecular flexibility index (Phi) is 6.80. The molecule has 2 rings (SSSR count). The van der Waals surface area contributed by atoms with E-state index in [0.29, 0.717) is 6.42 Å². The molecule has 0 aromatic rings. The van der Waals surface area contributed by atoms with Crippen LogP contribution in [0.1, 0.15) is 44.9 Å². The zero-order valence-electron chi connectivity index (χ0n) is 13.0. The second kappa shape index (κ2) is 8.63. The van der Waals surface area contributed by atoms with Crippen LogP contribution in [-0.2, 0) is 9.53 Å². The molecule has 0 spiro atoms. The highest BCUT2D eigenvalue weighted by molar-refractivity contribution is 5.69. The fourth-order valence-corrected chi connectivity index (χ4v) is 3.54. The molecule has 0 aliphatic carbocycles. The molecule has 0 aromatic carbocycles. The Balaban J connectivity index is 1.70. The first-order valence-corrected chi connectivity index (χ1v) is 8.29. The zero-order valence-corrected chi connectivity index (χ0v) is 13.0. The molecule has 20 heavy (non-hydrogen) atoms. The molecule has 0 N–H and O–H groups in total. The first-order chi connectivity index (χ1) is 9.78. The van der Waals surface area contributed by atoms with Crippen LogP contribution in [0.5, 0.6) is 0 Å². The molecular formula is C16H30N2O2. The van der Waals surface area contributed by atoms with Gasteiger partial charge in [0.1, 0.15) is 0 Å². The van der Waals surface area contributed by atoms with Crippen LogP contribution < -0.4 is 0 Å². The summed E-state index contributed by atoms with van der Waals surface area (Å²) >= 11 is 0. The van der Waals surface area contributed by atoms with Crippen LogP contribution in [0.3, 0.4) is 0 Å². The lowest BCUT2D eigenvalue weighted by molar-refractivity contribution is -0.141. The average molecular weight is 282 g/mol. The van der Waals surface area contributed by atoms with Crippen molar-refractivity contribution in [2.45, 2.75) is 44.9 Å². The van der Waals surface area contributed by atoms with Crippen molar-refractivity contribution < 1.29 is 9.53 Å². The van der Waals surface area contributed by atoms with Gasteiger partial charge in [-0.3, -0.25) is 4.79 Å². The van der Waals surface area contributed by atoms with Crippen molar-refractivity contribution >= 4 is 5.97 Å². The number of nitrogens with zero attached hydrogens (tertiary/aromatic N) is 2. The van der Waals surface area contributed by atoms with Gasteiger partial charge >= 0.3 is 5.97 Å². The molecule has 4 heteroatoms. The van der Waals surface area contributed by atoms with Gasteiger partial charge in [0, 0.05) is 19.6 Å². The highest BCUT2D eigenvalue weighted by atomic mass is 16.5. The van der Waals surface area contributed by atoms with Crippen LogP contribution in [0.15, 0.2) is 0 Å². The molecule has 4 nitrogen and oxygen atoms in total. The second-order valence-corrected chi connectivity index (χ2v) is 6.35. The highest BCUT2D eigenvalue weighted by Gasteiger charge is 2.22. The lowest BCUT2D eigenvalue weighted by Crippen LogP contribution is -2.42. The molecule has 1 atom stereocenters. The molecule has 2 aliphatic heterocycles. The minimum absolute atomic E-state index is 0.0837. The topological polar surface area (TPSA) is 32.8 Å². The Bertz CT molecular complexity index is 288. The fourth-order valence-electron chi connectivity index (χ4n) is 3.54. The van der Waals surface area contributed by atoms with Gasteiger partial charge in [-0.1, -0.05) is 12.8 Å². The third-order valence-electron chi connectivity index (χ3n) is 4.68. The van der Waals surface area contributed by atoms with Crippen LogP contribution in [0.4, 0.5) is 0 Å². The number of esters is 1. The molecule has 0 radical (unpaired) electrons. The van der Waals surface area contributed by atoms with Gasteiger partial charge in [0.05, 0.1) is 13.5 Å². The van der Waals surface area contributed by atoms with E-state index in [4.69, 9.17) is 4.74 Å². The highest BCUT2D eigenvalue weighted by Crippen LogP contribution is 2.19. The number of rotatable bonds is 5. The van der Waals surface area contributed by atoms with E-state index in [9.17, 15) is 4.79 Å². The average Bonchev–Trinajstić information content (AvgIpc) is 2.74. The van der Waals surface area contributed by atoms with Crippen LogP contribution >= 0.6 is 0 Å². The first-order valence-electron chi connectivity index (χ1n) is 8.29. The van der Waals surface area contributed by atoms with Gasteiger partial charge in [-0.05, 0) is 51.2 Å². The van der Waals surface area contributed by atoms with Crippen molar-refractivity contribution in [2.24, 2.45) is 5.92 Å². The maximum atomic E-state index is 11.2. The van der Waals surface area contributed by atoms with Gasteiger partial charge in [0.15, 0.2) is 0 Å². The van der Waals surface area contributed by atoms with Gasteiger partial charge in [0.2, 0.25) is 0 Å². The summed E-state index contributed by atoms with van der Waals surface area (Å²) in [5.74, 6) is 0.708. The van der Waals surface area contributed by atoms with E-state index in [0.717, 1.165) is 25.6 Å². The number of piperidine rings is 1. The minimum Gasteiger partial charge on any atom is -0.469 e. The molecule has 0 bridgehead atoms. The number of carbonyl (C=O) groups is 1. The molecule has 2 saturated heterocycles. The monoisotopic (exact) mass is 282 g/mol. The van der Waals surface area contributed by atoms with Crippen molar-refractivity contribution in [3.05, 3.63) is 0 Å². The summed E-state index contributed by atoms with van der Waals surface area (Å²) in [5, 5.41) is 0. The summed E-state index contributed by atoms with van der Waals surface area (Å²) in [6.07, 6.45) is 8.73. The normalized spacial score (nSPS) is 26.1. The molecule has 0 aromatic heterocycles. The second-order valence-electron chi connectivity index (χ2n) is 6.35. The summed E-state index contributed by atoms with van der Waals surface area (Å²) in [4.78, 5) is 16.3. The number of hydrogen-bond donors (Lipinski definition) is 0. The Morgan fingerprint density at radius 1 is 1.05 bits per heavy atom. The number of likely N-dealkylation sites (tertiary alicyclic amines) is 2. The number of methoxy groups -OCH3 is 1. The van der Waals surface area contributed by atoms with Crippen molar-refractivity contribution in [3.8, 4) is 0 Å². The molecule has 2 heterocycles. The van der Waals surface area contributed by atoms with E-state index in [1.54, 1.807) is 0 Å². The maximum Gasteiger partial charge on any atom is 0.306 e. The summed E-state index contributed by atoms with van der Waals surface area (Å²) in [6.45, 7) is 7.01. The van der Waals surface area contributed by atoms with Crippen LogP contribution in [0, 0.1) is 5.92 Å². The standard InChI is InChI=1S/C16H30N2O2/c1-20-16(19)8-12-18-11-6-7-15(14-18)13-17-9-4-2-3-5-10-17/h15H,2-14H2,1H3/t15-/m1/s1. The van der Waals surface area contributed by atoms with Crippen molar-refractivity contribution in [2.75, 3.05) is 46.4 Å². The predicted molar refractivity (Wildman–Crippen MR) is 80.7 cm³/mol. The molecule has 0 saturated carbocycles. The quantitative estimate of drug-likeness (QED) is 0.723. The maximum absolute atomic E-state index is 11.2. The zero-order chi connectivity index (χ0) is 14.2. The number of carbonyl (C=O) groups excluding carboxylic acids is 1. The SMILES string of the molecule is COC(=O)CCN1CCC[C@H](CN2CCCCCC2)C1. The third-order valence-corrected chi connectivity index (χ3v) is 4.68. The lowest BCUT2D eigenvalue weighted by Gasteiger charge is -2.35. The van der Waals surface area contributed by atoms with Crippen molar-refractivity contribution in [1.29, 1.82) is 0 Å². The van der Waals surface area contributed by atoms with Gasteiger partial charge in [-0.15, -0.1) is 0 Å². The van der Waals surface area contributed by atoms with E-state index in [-0.39, 0.29) is 5.97 Å². The molecule has 0 unspecified atom stereocenters. The summed E-state index contributed by atoms with van der Waals surface area (Å²) in [5.41, 5.74) is 0. The molecule has 116 valence electrons. The van der Waals surface area contributed by atoms with Crippen LogP contribution in [0.25, 0.3) is 0 Å². The Labute approximate surface area is 123 Å². The lowest BCUT2D eigenvalue weighted by atomic mass is 9.97. The summed E-state index contributed by atoms with van der Waals surface area (Å²) < 4.78 is 4.73. The first kappa shape index (κ1) is 15.8. The minimum atomic E-state index is -0.0837. The van der Waals surface area contributed by atoms with Crippen LogP contribution in [0.2, 0.25) is 0 Å². The van der Waals surface area contributed by atoms with E-state index in [1.807, 2.05) is 0 Å². The summed E-state index contributed by atoms with van der Waals surface area (Å²) in [7, 11) is 1.47. The van der Waals surface area contributed by atoms with Gasteiger partial charge in [-0.2, -0.15) is 0 Å². The van der Waals surface area contributed by atoms with E-state index in [2.05, 4.69) is 9.80 Å². The molecule has 0 amide bonds. The van der Waals surface area contributed by atoms with Crippen molar-refractivity contribution in [1.82, 2.24) is 9.80 Å².